The van der Waals surface area contributed by atoms with E-state index in [1.54, 1.807) is 42.5 Å². The quantitative estimate of drug-likeness (QED) is 0.346. The second-order valence-electron chi connectivity index (χ2n) is 10.0. The topological polar surface area (TPSA) is 93.2 Å². The van der Waals surface area contributed by atoms with Crippen LogP contribution in [0.25, 0.3) is 0 Å². The van der Waals surface area contributed by atoms with Crippen molar-refractivity contribution >= 4 is 46.7 Å². The molecule has 0 radical (unpaired) electrons. The molecule has 6 rings (SSSR count). The van der Waals surface area contributed by atoms with E-state index in [1.165, 1.54) is 16.9 Å². The number of fused-ring (bicyclic) bond motifs is 5. The van der Waals surface area contributed by atoms with Gasteiger partial charge in [0.15, 0.2) is 0 Å². The molecule has 2 aliphatic heterocycles. The van der Waals surface area contributed by atoms with Crippen molar-refractivity contribution in [3.05, 3.63) is 47.5 Å². The van der Waals surface area contributed by atoms with Crippen LogP contribution < -0.4 is 19.3 Å². The van der Waals surface area contributed by atoms with Gasteiger partial charge in [-0.05, 0) is 73.6 Å². The standard InChI is InChI=1S/C27H25ClN2O6/c1-35-21-9-4-17(28)12-20(21)29-13-16(11-22(29)31)27(34)36-19-7-5-18(6-8-19)30-25(32)23-14-2-3-15(10-14)24(23)26(30)33/h4-9,12,14-16,23-24H,2-3,10-11,13H2,1H3/t14-,15-,16+,23+,24+/m0/s1. The maximum absolute atomic E-state index is 13.0. The molecule has 0 unspecified atom stereocenters. The van der Waals surface area contributed by atoms with E-state index in [9.17, 15) is 19.2 Å². The summed E-state index contributed by atoms with van der Waals surface area (Å²) in [7, 11) is 1.50. The predicted octanol–water partition coefficient (Wildman–Crippen LogP) is 3.84. The number of halogens is 1. The highest BCUT2D eigenvalue weighted by atomic mass is 35.5. The average molecular weight is 509 g/mol. The zero-order valence-electron chi connectivity index (χ0n) is 19.7. The Hall–Kier alpha value is -3.39. The van der Waals surface area contributed by atoms with E-state index in [1.807, 2.05) is 0 Å². The van der Waals surface area contributed by atoms with Crippen molar-refractivity contribution in [2.75, 3.05) is 23.5 Å². The maximum atomic E-state index is 13.0. The highest BCUT2D eigenvalue weighted by molar-refractivity contribution is 6.31. The fraction of sp³-hybridized carbons (Fsp3) is 0.407. The van der Waals surface area contributed by atoms with E-state index in [4.69, 9.17) is 21.1 Å². The van der Waals surface area contributed by atoms with Crippen LogP contribution in [0.3, 0.4) is 0 Å². The van der Waals surface area contributed by atoms with Gasteiger partial charge in [0.05, 0.1) is 36.2 Å². The van der Waals surface area contributed by atoms with Crippen molar-refractivity contribution in [1.29, 1.82) is 0 Å². The van der Waals surface area contributed by atoms with E-state index in [-0.39, 0.29) is 48.3 Å². The summed E-state index contributed by atoms with van der Waals surface area (Å²) in [6.45, 7) is 0.147. The number of esters is 1. The Morgan fingerprint density at radius 2 is 1.64 bits per heavy atom. The van der Waals surface area contributed by atoms with E-state index in [0.29, 0.717) is 34.0 Å². The molecule has 0 spiro atoms. The third kappa shape index (κ3) is 3.58. The number of benzene rings is 2. The Bertz CT molecular complexity index is 1250. The zero-order valence-corrected chi connectivity index (χ0v) is 20.4. The van der Waals surface area contributed by atoms with E-state index < -0.39 is 11.9 Å². The fourth-order valence-electron chi connectivity index (χ4n) is 6.50. The van der Waals surface area contributed by atoms with Crippen LogP contribution in [-0.4, -0.2) is 37.3 Å². The van der Waals surface area contributed by atoms with Gasteiger partial charge < -0.3 is 14.4 Å². The molecule has 2 aromatic carbocycles. The van der Waals surface area contributed by atoms with Gasteiger partial charge in [0.25, 0.3) is 0 Å². The van der Waals surface area contributed by atoms with Gasteiger partial charge in [-0.3, -0.25) is 24.1 Å². The van der Waals surface area contributed by atoms with Crippen LogP contribution >= 0.6 is 11.6 Å². The van der Waals surface area contributed by atoms with Gasteiger partial charge in [0.1, 0.15) is 11.5 Å². The number of amides is 3. The van der Waals surface area contributed by atoms with Crippen LogP contribution in [0.2, 0.25) is 5.02 Å². The molecule has 0 aromatic heterocycles. The molecule has 4 aliphatic rings. The monoisotopic (exact) mass is 508 g/mol. The zero-order chi connectivity index (χ0) is 25.1. The van der Waals surface area contributed by atoms with E-state index >= 15 is 0 Å². The molecular formula is C27H25ClN2O6. The highest BCUT2D eigenvalue weighted by Crippen LogP contribution is 2.56. The lowest BCUT2D eigenvalue weighted by molar-refractivity contribution is -0.139. The fourth-order valence-corrected chi connectivity index (χ4v) is 6.66. The van der Waals surface area contributed by atoms with Crippen LogP contribution in [0.4, 0.5) is 11.4 Å². The number of ether oxygens (including phenoxy) is 2. The minimum Gasteiger partial charge on any atom is -0.495 e. The number of anilines is 2. The van der Waals surface area contributed by atoms with Crippen molar-refractivity contribution in [3.63, 3.8) is 0 Å². The number of hydrogen-bond donors (Lipinski definition) is 0. The first-order valence-corrected chi connectivity index (χ1v) is 12.6. The average Bonchev–Trinajstić information content (AvgIpc) is 3.63. The number of carbonyl (C=O) groups is 4. The second-order valence-corrected chi connectivity index (χ2v) is 10.5. The number of hydrogen-bond acceptors (Lipinski definition) is 6. The molecule has 3 amide bonds. The first kappa shape index (κ1) is 23.0. The molecule has 5 atom stereocenters. The summed E-state index contributed by atoms with van der Waals surface area (Å²) in [5.74, 6) is -0.579. The number of carbonyl (C=O) groups excluding carboxylic acids is 4. The van der Waals surface area contributed by atoms with Crippen molar-refractivity contribution in [1.82, 2.24) is 0 Å². The summed E-state index contributed by atoms with van der Waals surface area (Å²) in [6.07, 6.45) is 3.05. The molecule has 2 saturated heterocycles. The Morgan fingerprint density at radius 3 is 2.28 bits per heavy atom. The normalized spacial score (nSPS) is 28.7. The number of nitrogens with zero attached hydrogens (tertiary/aromatic N) is 2. The first-order chi connectivity index (χ1) is 17.4. The summed E-state index contributed by atoms with van der Waals surface area (Å²) >= 11 is 6.10. The number of methoxy groups -OCH3 is 1. The molecule has 2 saturated carbocycles. The Balaban J connectivity index is 1.13. The summed E-state index contributed by atoms with van der Waals surface area (Å²) in [5, 5.41) is 0.455. The lowest BCUT2D eigenvalue weighted by Gasteiger charge is -2.20. The van der Waals surface area contributed by atoms with Crippen LogP contribution in [-0.2, 0) is 19.2 Å². The first-order valence-electron chi connectivity index (χ1n) is 12.2. The van der Waals surface area contributed by atoms with E-state index in [0.717, 1.165) is 19.3 Å². The van der Waals surface area contributed by atoms with Gasteiger partial charge in [-0.25, -0.2) is 0 Å². The molecule has 0 N–H and O–H groups in total. The Labute approximate surface area is 213 Å². The predicted molar refractivity (Wildman–Crippen MR) is 131 cm³/mol. The van der Waals surface area contributed by atoms with Crippen molar-refractivity contribution in [3.8, 4) is 11.5 Å². The number of imide groups is 1. The molecule has 2 aromatic rings. The maximum Gasteiger partial charge on any atom is 0.316 e. The highest BCUT2D eigenvalue weighted by Gasteiger charge is 2.61. The lowest BCUT2D eigenvalue weighted by atomic mass is 9.81. The third-order valence-corrected chi connectivity index (χ3v) is 8.37. The lowest BCUT2D eigenvalue weighted by Crippen LogP contribution is -2.32. The Kier molecular flexibility index (Phi) is 5.52. The van der Waals surface area contributed by atoms with Crippen LogP contribution in [0.5, 0.6) is 11.5 Å². The van der Waals surface area contributed by atoms with Gasteiger partial charge in [-0.15, -0.1) is 0 Å². The van der Waals surface area contributed by atoms with Gasteiger partial charge in [-0.1, -0.05) is 11.6 Å². The van der Waals surface area contributed by atoms with Gasteiger partial charge in [0.2, 0.25) is 17.7 Å². The SMILES string of the molecule is COc1ccc(Cl)cc1N1C[C@H](C(=O)Oc2ccc(N3C(=O)[C@@H]4[C@H]5CC[C@@H](C5)[C@H]4C3=O)cc2)CC1=O. The van der Waals surface area contributed by atoms with Crippen molar-refractivity contribution in [2.24, 2.45) is 29.6 Å². The molecule has 186 valence electrons. The second kappa shape index (κ2) is 8.62. The van der Waals surface area contributed by atoms with Gasteiger partial charge in [0, 0.05) is 18.0 Å². The number of rotatable bonds is 5. The summed E-state index contributed by atoms with van der Waals surface area (Å²) in [4.78, 5) is 54.4. The van der Waals surface area contributed by atoms with Crippen LogP contribution in [0.1, 0.15) is 25.7 Å². The molecule has 2 heterocycles. The third-order valence-electron chi connectivity index (χ3n) is 8.13. The van der Waals surface area contributed by atoms with Crippen LogP contribution in [0, 0.1) is 29.6 Å². The molecule has 9 heteroatoms. The molecule has 4 fully saturated rings. The van der Waals surface area contributed by atoms with Crippen molar-refractivity contribution < 1.29 is 28.7 Å². The summed E-state index contributed by atoms with van der Waals surface area (Å²) in [5.41, 5.74) is 1.00. The van der Waals surface area contributed by atoms with Crippen molar-refractivity contribution in [2.45, 2.75) is 25.7 Å². The molecule has 2 bridgehead atoms. The minimum atomic E-state index is -0.655. The van der Waals surface area contributed by atoms with Gasteiger partial charge >= 0.3 is 5.97 Å². The molecular weight excluding hydrogens is 484 g/mol. The smallest absolute Gasteiger partial charge is 0.316 e. The Morgan fingerprint density at radius 1 is 0.972 bits per heavy atom. The molecule has 8 nitrogen and oxygen atoms in total. The molecule has 36 heavy (non-hydrogen) atoms. The van der Waals surface area contributed by atoms with Gasteiger partial charge in [-0.2, -0.15) is 0 Å². The summed E-state index contributed by atoms with van der Waals surface area (Å²) < 4.78 is 10.9. The van der Waals surface area contributed by atoms with Crippen LogP contribution in [0.15, 0.2) is 42.5 Å². The largest absolute Gasteiger partial charge is 0.495 e. The molecule has 2 aliphatic carbocycles. The van der Waals surface area contributed by atoms with E-state index in [2.05, 4.69) is 0 Å². The summed E-state index contributed by atoms with van der Waals surface area (Å²) in [6, 6.07) is 11.4. The minimum absolute atomic E-state index is 0.00841.